The number of hydrogen-bond acceptors (Lipinski definition) is 6. The van der Waals surface area contributed by atoms with E-state index in [0.29, 0.717) is 50.6 Å². The number of amides is 3. The molecule has 2 saturated heterocycles. The summed E-state index contributed by atoms with van der Waals surface area (Å²) < 4.78 is 36.9. The number of rotatable bonds is 6. The van der Waals surface area contributed by atoms with E-state index in [4.69, 9.17) is 4.74 Å². The number of aromatic nitrogens is 1. The molecule has 3 fully saturated rings. The van der Waals surface area contributed by atoms with E-state index in [1.165, 1.54) is 38.9 Å². The average molecular weight is 688 g/mol. The topological polar surface area (TPSA) is 121 Å². The fourth-order valence-electron chi connectivity index (χ4n) is 9.43. The Balaban J connectivity index is 1.24. The van der Waals surface area contributed by atoms with E-state index in [0.717, 1.165) is 56.2 Å². The highest BCUT2D eigenvalue weighted by Gasteiger charge is 2.50. The third-order valence-corrected chi connectivity index (χ3v) is 13.4. The summed E-state index contributed by atoms with van der Waals surface area (Å²) in [5.74, 6) is 0.551. The van der Waals surface area contributed by atoms with Gasteiger partial charge >= 0.3 is 10.2 Å². The summed E-state index contributed by atoms with van der Waals surface area (Å²) >= 11 is 0. The van der Waals surface area contributed by atoms with Crippen LogP contribution in [0.4, 0.5) is 0 Å². The molecule has 1 saturated carbocycles. The number of allylic oxidation sites excluding steroid dienone is 4. The third-order valence-electron chi connectivity index (χ3n) is 12.0. The number of methoxy groups -OCH3 is 1. The number of fused-ring (bicyclic) bond motifs is 7. The first-order valence-electron chi connectivity index (χ1n) is 17.6. The standard InChI is InChI=1S/C37H45N5O6S/c1-21(43)40-16-23-18-41(19-24(23)17-40)37(45)27-12-8-11-26-32(27)30-15-28-31(48-4)14-13-25(22-9-6-5-7-10-22)35(28)42(30)20-29-33(26)34(29)36(44)38-49(46,47)39(2)3/h8,11,13-15,22-24,27,32H,5-7,9-10,12,16-20H2,1-4H3,(H,38,44)/t23?,24?,27-,32?/m1/s1. The molecule has 0 spiro atoms. The molecule has 260 valence electrons. The Hall–Kier alpha value is -3.90. The second-order valence-corrected chi connectivity index (χ2v) is 16.8. The maximum absolute atomic E-state index is 14.7. The molecule has 0 bridgehead atoms. The molecule has 11 nitrogen and oxygen atoms in total. The normalized spacial score (nSPS) is 26.5. The molecule has 3 unspecified atom stereocenters. The summed E-state index contributed by atoms with van der Waals surface area (Å²) in [5.41, 5.74) is 6.28. The van der Waals surface area contributed by atoms with Crippen LogP contribution in [-0.2, 0) is 31.1 Å². The van der Waals surface area contributed by atoms with Crippen LogP contribution in [0.25, 0.3) is 10.9 Å². The first-order chi connectivity index (χ1) is 23.5. The summed E-state index contributed by atoms with van der Waals surface area (Å²) in [7, 11) is 0.462. The van der Waals surface area contributed by atoms with Gasteiger partial charge < -0.3 is 19.1 Å². The van der Waals surface area contributed by atoms with Gasteiger partial charge in [0.25, 0.3) is 5.91 Å². The van der Waals surface area contributed by atoms with Gasteiger partial charge in [0.2, 0.25) is 11.8 Å². The van der Waals surface area contributed by atoms with Crippen molar-refractivity contribution < 1.29 is 27.5 Å². The van der Waals surface area contributed by atoms with Gasteiger partial charge in [0.1, 0.15) is 5.75 Å². The number of ether oxygens (including phenoxy) is 1. The minimum Gasteiger partial charge on any atom is -0.496 e. The molecule has 4 atom stereocenters. The molecule has 12 heteroatoms. The number of nitrogens with zero attached hydrogens (tertiary/aromatic N) is 4. The lowest BCUT2D eigenvalue weighted by molar-refractivity contribution is -0.135. The highest BCUT2D eigenvalue weighted by Crippen LogP contribution is 2.55. The van der Waals surface area contributed by atoms with Gasteiger partial charge in [-0.25, -0.2) is 4.72 Å². The van der Waals surface area contributed by atoms with E-state index < -0.39 is 22.0 Å². The second kappa shape index (κ2) is 11.9. The van der Waals surface area contributed by atoms with Crippen molar-refractivity contribution in [3.63, 3.8) is 0 Å². The van der Waals surface area contributed by atoms with E-state index in [1.807, 2.05) is 22.0 Å². The largest absolute Gasteiger partial charge is 0.496 e. The Morgan fingerprint density at radius 2 is 1.67 bits per heavy atom. The first kappa shape index (κ1) is 32.3. The zero-order valence-corrected chi connectivity index (χ0v) is 29.5. The van der Waals surface area contributed by atoms with Crippen molar-refractivity contribution in [2.45, 2.75) is 63.8 Å². The molecule has 6 aliphatic rings. The van der Waals surface area contributed by atoms with Crippen molar-refractivity contribution in [1.82, 2.24) is 23.4 Å². The lowest BCUT2D eigenvalue weighted by Gasteiger charge is -2.33. The quantitative estimate of drug-likeness (QED) is 0.493. The van der Waals surface area contributed by atoms with Gasteiger partial charge in [0.05, 0.1) is 24.1 Å². The summed E-state index contributed by atoms with van der Waals surface area (Å²) in [6.45, 7) is 4.66. The van der Waals surface area contributed by atoms with Crippen LogP contribution < -0.4 is 9.46 Å². The highest BCUT2D eigenvalue weighted by molar-refractivity contribution is 7.87. The molecular formula is C37H45N5O6S. The molecule has 4 heterocycles. The molecule has 3 amide bonds. The van der Waals surface area contributed by atoms with E-state index in [-0.39, 0.29) is 29.6 Å². The van der Waals surface area contributed by atoms with Crippen molar-refractivity contribution >= 4 is 38.8 Å². The lowest BCUT2D eigenvalue weighted by atomic mass is 9.76. The van der Waals surface area contributed by atoms with Crippen molar-refractivity contribution in [2.24, 2.45) is 17.8 Å². The monoisotopic (exact) mass is 687 g/mol. The fourth-order valence-corrected chi connectivity index (χ4v) is 9.95. The maximum Gasteiger partial charge on any atom is 0.303 e. The summed E-state index contributed by atoms with van der Waals surface area (Å²) in [5, 5.41) is 1.01. The number of hydrogen-bond donors (Lipinski definition) is 1. The van der Waals surface area contributed by atoms with E-state index in [2.05, 4.69) is 27.5 Å². The Labute approximate surface area is 287 Å². The van der Waals surface area contributed by atoms with Crippen LogP contribution in [0.15, 0.2) is 52.6 Å². The van der Waals surface area contributed by atoms with Gasteiger partial charge in [-0.15, -0.1) is 0 Å². The molecule has 49 heavy (non-hydrogen) atoms. The molecule has 1 N–H and O–H groups in total. The van der Waals surface area contributed by atoms with E-state index in [1.54, 1.807) is 14.0 Å². The van der Waals surface area contributed by atoms with E-state index in [9.17, 15) is 22.8 Å². The highest BCUT2D eigenvalue weighted by atomic mass is 32.2. The molecular weight excluding hydrogens is 643 g/mol. The molecule has 3 aliphatic carbocycles. The molecule has 3 aliphatic heterocycles. The number of carbonyl (C=O) groups excluding carboxylic acids is 3. The Bertz CT molecular complexity index is 1970. The summed E-state index contributed by atoms with van der Waals surface area (Å²) in [6, 6.07) is 6.46. The predicted octanol–water partition coefficient (Wildman–Crippen LogP) is 3.84. The first-order valence-corrected chi connectivity index (χ1v) is 19.1. The maximum atomic E-state index is 14.7. The number of carbonyl (C=O) groups is 3. The zero-order chi connectivity index (χ0) is 34.4. The van der Waals surface area contributed by atoms with Gasteiger partial charge in [0, 0.05) is 82.6 Å². The lowest BCUT2D eigenvalue weighted by Crippen LogP contribution is -2.41. The minimum atomic E-state index is -4.00. The van der Waals surface area contributed by atoms with Crippen LogP contribution in [0.3, 0.4) is 0 Å². The van der Waals surface area contributed by atoms with Gasteiger partial charge in [-0.3, -0.25) is 14.4 Å². The van der Waals surface area contributed by atoms with Crippen molar-refractivity contribution in [3.8, 4) is 5.75 Å². The predicted molar refractivity (Wildman–Crippen MR) is 185 cm³/mol. The molecule has 1 aromatic carbocycles. The molecule has 0 radical (unpaired) electrons. The Kier molecular flexibility index (Phi) is 7.82. The van der Waals surface area contributed by atoms with Crippen molar-refractivity contribution in [2.75, 3.05) is 47.4 Å². The van der Waals surface area contributed by atoms with Crippen LogP contribution in [-0.4, -0.2) is 92.2 Å². The summed E-state index contributed by atoms with van der Waals surface area (Å²) in [4.78, 5) is 44.3. The van der Waals surface area contributed by atoms with Crippen LogP contribution in [0, 0.1) is 17.8 Å². The molecule has 1 aromatic heterocycles. The zero-order valence-electron chi connectivity index (χ0n) is 28.7. The van der Waals surface area contributed by atoms with Gasteiger partial charge in [-0.1, -0.05) is 37.5 Å². The van der Waals surface area contributed by atoms with E-state index >= 15 is 0 Å². The molecule has 8 rings (SSSR count). The van der Waals surface area contributed by atoms with Gasteiger partial charge in [-0.2, -0.15) is 12.7 Å². The second-order valence-electron chi connectivity index (χ2n) is 14.9. The van der Waals surface area contributed by atoms with Crippen LogP contribution in [0.5, 0.6) is 5.75 Å². The van der Waals surface area contributed by atoms with Crippen molar-refractivity contribution in [3.05, 3.63) is 63.9 Å². The SMILES string of the molecule is COc1ccc(C2CCCCC2)c2c1cc1n2CC2=C(C(=O)NS(=O)(=O)N(C)C)C2=C2C=CC[C@@H](C(=O)N3CC4CN(C(C)=O)CC4C3)C21. The average Bonchev–Trinajstić information content (AvgIpc) is 3.28. The Morgan fingerprint density at radius 3 is 2.33 bits per heavy atom. The van der Waals surface area contributed by atoms with Crippen LogP contribution in [0.2, 0.25) is 0 Å². The summed E-state index contributed by atoms with van der Waals surface area (Å²) in [6.07, 6.45) is 10.5. The minimum absolute atomic E-state index is 0.0845. The number of nitrogens with one attached hydrogen (secondary N) is 1. The fraction of sp³-hybridized carbons (Fsp3) is 0.541. The Morgan fingerprint density at radius 1 is 0.980 bits per heavy atom. The number of benzene rings is 1. The third kappa shape index (κ3) is 5.24. The number of likely N-dealkylation sites (tertiary alicyclic amines) is 2. The van der Waals surface area contributed by atoms with Crippen LogP contribution >= 0.6 is 0 Å². The van der Waals surface area contributed by atoms with Gasteiger partial charge in [-0.05, 0) is 59.6 Å². The van der Waals surface area contributed by atoms with Crippen LogP contribution in [0.1, 0.15) is 68.5 Å². The van der Waals surface area contributed by atoms with Gasteiger partial charge in [0.15, 0.2) is 0 Å². The smallest absolute Gasteiger partial charge is 0.303 e. The van der Waals surface area contributed by atoms with Crippen molar-refractivity contribution in [1.29, 1.82) is 0 Å². The molecule has 2 aromatic rings.